The molecule has 0 spiro atoms. The molecular weight excluding hydrogens is 413 g/mol. The average Bonchev–Trinajstić information content (AvgIpc) is 2.85. The molecule has 1 aromatic carbocycles. The van der Waals surface area contributed by atoms with E-state index in [1.807, 2.05) is 18.2 Å². The number of benzene rings is 1. The number of alkyl halides is 3. The van der Waals surface area contributed by atoms with E-state index in [4.69, 9.17) is 0 Å². The Balaban J connectivity index is 2.05. The normalized spacial score (nSPS) is 18.6. The number of fused-ring (bicyclic) bond motifs is 1. The maximum Gasteiger partial charge on any atom is 0.435 e. The summed E-state index contributed by atoms with van der Waals surface area (Å²) in [6.07, 6.45) is -2.42. The lowest BCUT2D eigenvalue weighted by Gasteiger charge is -2.23. The number of rotatable bonds is 1. The molecule has 0 bridgehead atoms. The van der Waals surface area contributed by atoms with Crippen molar-refractivity contribution in [2.24, 2.45) is 0 Å². The summed E-state index contributed by atoms with van der Waals surface area (Å²) in [5, 5.41) is 6.13. The minimum atomic E-state index is -4.40. The van der Waals surface area contributed by atoms with Gasteiger partial charge in [0.2, 0.25) is 0 Å². The van der Waals surface area contributed by atoms with Crippen LogP contribution in [-0.2, 0) is 12.6 Å². The van der Waals surface area contributed by atoms with E-state index < -0.39 is 11.9 Å². The molecule has 3 rings (SSSR count). The number of nitrogens with zero attached hydrogens (tertiary/aromatic N) is 1. The first kappa shape index (κ1) is 15.1. The average molecular weight is 424 g/mol. The van der Waals surface area contributed by atoms with Gasteiger partial charge in [-0.3, -0.25) is 5.10 Å². The van der Waals surface area contributed by atoms with Gasteiger partial charge in [0.05, 0.1) is 0 Å². The minimum Gasteiger partial charge on any atom is -0.281 e. The number of aromatic amines is 1. The van der Waals surface area contributed by atoms with E-state index in [2.05, 4.69) is 42.1 Å². The summed E-state index contributed by atoms with van der Waals surface area (Å²) in [5.74, 6) is -0.0678. The quantitative estimate of drug-likeness (QED) is 0.651. The van der Waals surface area contributed by atoms with Gasteiger partial charge in [0, 0.05) is 26.1 Å². The molecule has 0 saturated carbocycles. The van der Waals surface area contributed by atoms with Crippen molar-refractivity contribution in [2.45, 2.75) is 31.4 Å². The molecule has 1 aromatic heterocycles. The minimum absolute atomic E-state index is 0.0678. The van der Waals surface area contributed by atoms with E-state index in [1.165, 1.54) is 0 Å². The van der Waals surface area contributed by atoms with Gasteiger partial charge in [0.1, 0.15) is 0 Å². The predicted molar refractivity (Wildman–Crippen MR) is 80.2 cm³/mol. The Labute approximate surface area is 136 Å². The van der Waals surface area contributed by atoms with Crippen LogP contribution in [0.5, 0.6) is 0 Å². The Morgan fingerprint density at radius 3 is 2.62 bits per heavy atom. The summed E-state index contributed by atoms with van der Waals surface area (Å²) in [7, 11) is 0. The standard InChI is InChI=1S/C14H11Br2F3N2/c15-10-5-4-7(6-11(10)16)8-2-1-3-9-12(8)20-21-13(9)14(17,18)19/h4-6,8H,1-3H2,(H,20,21). The molecule has 1 atom stereocenters. The molecule has 112 valence electrons. The zero-order chi connectivity index (χ0) is 15.2. The SMILES string of the molecule is FC(F)(F)c1n[nH]c2c1CCCC2c1ccc(Br)c(Br)c1. The third kappa shape index (κ3) is 2.77. The van der Waals surface area contributed by atoms with Crippen LogP contribution >= 0.6 is 31.9 Å². The van der Waals surface area contributed by atoms with Crippen molar-refractivity contribution in [1.29, 1.82) is 0 Å². The Morgan fingerprint density at radius 1 is 1.19 bits per heavy atom. The second-order valence-electron chi connectivity index (χ2n) is 5.08. The molecule has 1 aliphatic carbocycles. The van der Waals surface area contributed by atoms with Gasteiger partial charge < -0.3 is 0 Å². The highest BCUT2D eigenvalue weighted by molar-refractivity contribution is 9.13. The molecule has 0 saturated heterocycles. The summed E-state index contributed by atoms with van der Waals surface area (Å²) in [6.45, 7) is 0. The fourth-order valence-electron chi connectivity index (χ4n) is 2.84. The van der Waals surface area contributed by atoms with Crippen LogP contribution in [-0.4, -0.2) is 10.2 Å². The Morgan fingerprint density at radius 2 is 1.95 bits per heavy atom. The molecule has 1 unspecified atom stereocenters. The second-order valence-corrected chi connectivity index (χ2v) is 6.79. The van der Waals surface area contributed by atoms with Gasteiger partial charge in [-0.25, -0.2) is 0 Å². The van der Waals surface area contributed by atoms with Crippen molar-refractivity contribution in [3.63, 3.8) is 0 Å². The third-order valence-electron chi connectivity index (χ3n) is 3.78. The Bertz CT molecular complexity index is 679. The number of nitrogens with one attached hydrogen (secondary N) is 1. The predicted octanol–water partition coefficient (Wildman–Crippen LogP) is 5.42. The van der Waals surface area contributed by atoms with Crippen molar-refractivity contribution in [1.82, 2.24) is 10.2 Å². The van der Waals surface area contributed by atoms with Crippen LogP contribution < -0.4 is 0 Å². The number of hydrogen-bond donors (Lipinski definition) is 1. The van der Waals surface area contributed by atoms with Gasteiger partial charge in [-0.15, -0.1) is 0 Å². The number of hydrogen-bond acceptors (Lipinski definition) is 1. The summed E-state index contributed by atoms with van der Waals surface area (Å²) in [5.41, 5.74) is 1.14. The first-order chi connectivity index (χ1) is 9.88. The lowest BCUT2D eigenvalue weighted by Crippen LogP contribution is -2.14. The van der Waals surface area contributed by atoms with Crippen LogP contribution in [0.25, 0.3) is 0 Å². The fourth-order valence-corrected chi connectivity index (χ4v) is 3.49. The summed E-state index contributed by atoms with van der Waals surface area (Å²) in [6, 6.07) is 5.77. The van der Waals surface area contributed by atoms with Crippen LogP contribution in [0.15, 0.2) is 27.1 Å². The Hall–Kier alpha value is -0.820. The van der Waals surface area contributed by atoms with Crippen molar-refractivity contribution in [3.05, 3.63) is 49.7 Å². The molecule has 0 fully saturated rings. The Kier molecular flexibility index (Phi) is 3.90. The molecule has 21 heavy (non-hydrogen) atoms. The zero-order valence-electron chi connectivity index (χ0n) is 10.8. The number of aromatic nitrogens is 2. The smallest absolute Gasteiger partial charge is 0.281 e. The number of H-pyrrole nitrogens is 1. The highest BCUT2D eigenvalue weighted by atomic mass is 79.9. The van der Waals surface area contributed by atoms with Crippen LogP contribution in [0.3, 0.4) is 0 Å². The third-order valence-corrected chi connectivity index (χ3v) is 5.66. The molecule has 0 aliphatic heterocycles. The molecular formula is C14H11Br2F3N2. The summed E-state index contributed by atoms with van der Waals surface area (Å²) in [4.78, 5) is 0. The summed E-state index contributed by atoms with van der Waals surface area (Å²) >= 11 is 6.84. The van der Waals surface area contributed by atoms with E-state index >= 15 is 0 Å². The van der Waals surface area contributed by atoms with Gasteiger partial charge in [0.25, 0.3) is 0 Å². The molecule has 1 N–H and O–H groups in total. The van der Waals surface area contributed by atoms with E-state index in [-0.39, 0.29) is 5.92 Å². The van der Waals surface area contributed by atoms with Gasteiger partial charge in [-0.2, -0.15) is 18.3 Å². The van der Waals surface area contributed by atoms with Crippen molar-refractivity contribution in [2.75, 3.05) is 0 Å². The zero-order valence-corrected chi connectivity index (χ0v) is 13.9. The lowest BCUT2D eigenvalue weighted by atomic mass is 9.82. The van der Waals surface area contributed by atoms with E-state index in [9.17, 15) is 13.2 Å². The van der Waals surface area contributed by atoms with E-state index in [0.717, 1.165) is 27.4 Å². The van der Waals surface area contributed by atoms with Crippen molar-refractivity contribution < 1.29 is 13.2 Å². The van der Waals surface area contributed by atoms with Gasteiger partial charge >= 0.3 is 6.18 Å². The van der Waals surface area contributed by atoms with Crippen molar-refractivity contribution >= 4 is 31.9 Å². The van der Waals surface area contributed by atoms with Crippen molar-refractivity contribution in [3.8, 4) is 0 Å². The summed E-state index contributed by atoms with van der Waals surface area (Å²) < 4.78 is 40.7. The molecule has 1 aliphatic rings. The first-order valence-corrected chi connectivity index (χ1v) is 8.06. The van der Waals surface area contributed by atoms with E-state index in [1.54, 1.807) is 0 Å². The maximum absolute atomic E-state index is 13.0. The monoisotopic (exact) mass is 422 g/mol. The fraction of sp³-hybridized carbons (Fsp3) is 0.357. The van der Waals surface area contributed by atoms with Crippen LogP contribution in [0, 0.1) is 0 Å². The molecule has 1 heterocycles. The van der Waals surface area contributed by atoms with Gasteiger partial charge in [-0.05, 0) is 68.8 Å². The molecule has 7 heteroatoms. The largest absolute Gasteiger partial charge is 0.435 e. The van der Waals surface area contributed by atoms with Crippen LogP contribution in [0.4, 0.5) is 13.2 Å². The molecule has 0 amide bonds. The van der Waals surface area contributed by atoms with Crippen LogP contribution in [0.1, 0.15) is 41.3 Å². The highest BCUT2D eigenvalue weighted by Crippen LogP contribution is 2.42. The maximum atomic E-state index is 13.0. The highest BCUT2D eigenvalue weighted by Gasteiger charge is 2.40. The van der Waals surface area contributed by atoms with Crippen LogP contribution in [0.2, 0.25) is 0 Å². The first-order valence-electron chi connectivity index (χ1n) is 6.47. The molecule has 0 radical (unpaired) electrons. The van der Waals surface area contributed by atoms with Gasteiger partial charge in [-0.1, -0.05) is 6.07 Å². The molecule has 2 aromatic rings. The second kappa shape index (κ2) is 5.43. The lowest BCUT2D eigenvalue weighted by molar-refractivity contribution is -0.141. The number of halogens is 5. The molecule has 2 nitrogen and oxygen atoms in total. The van der Waals surface area contributed by atoms with Gasteiger partial charge in [0.15, 0.2) is 5.69 Å². The van der Waals surface area contributed by atoms with E-state index in [0.29, 0.717) is 17.7 Å². The topological polar surface area (TPSA) is 28.7 Å².